The molecule has 0 saturated heterocycles. The van der Waals surface area contributed by atoms with E-state index in [1.54, 1.807) is 5.01 Å². The van der Waals surface area contributed by atoms with Crippen molar-refractivity contribution in [3.05, 3.63) is 36.9 Å². The Morgan fingerprint density at radius 3 is 3.14 bits per heavy atom. The average molecular weight is 189 g/mol. The molecule has 1 aliphatic heterocycles. The van der Waals surface area contributed by atoms with Gasteiger partial charge in [-0.25, -0.2) is 0 Å². The highest BCUT2D eigenvalue weighted by Gasteiger charge is 2.17. The van der Waals surface area contributed by atoms with Gasteiger partial charge in [0.2, 0.25) is 0 Å². The summed E-state index contributed by atoms with van der Waals surface area (Å²) < 4.78 is 0. The Balaban J connectivity index is 2.18. The molecule has 1 amide bonds. The van der Waals surface area contributed by atoms with Crippen molar-refractivity contribution in [3.63, 3.8) is 0 Å². The molecule has 0 atom stereocenters. The van der Waals surface area contributed by atoms with Crippen molar-refractivity contribution in [2.24, 2.45) is 0 Å². The van der Waals surface area contributed by atoms with Crippen LogP contribution >= 0.6 is 0 Å². The van der Waals surface area contributed by atoms with Crippen molar-refractivity contribution in [1.29, 1.82) is 0 Å². The van der Waals surface area contributed by atoms with Crippen LogP contribution in [0.3, 0.4) is 0 Å². The molecule has 1 aromatic rings. The van der Waals surface area contributed by atoms with Gasteiger partial charge in [-0.15, -0.1) is 0 Å². The summed E-state index contributed by atoms with van der Waals surface area (Å²) in [6, 6.07) is 7.79. The Labute approximate surface area is 82.2 Å². The molecule has 0 aromatic heterocycles. The maximum Gasteiger partial charge on any atom is 0.261 e. The number of hydrogen-bond donors (Lipinski definition) is 2. The number of para-hydroxylation sites is 2. The van der Waals surface area contributed by atoms with Gasteiger partial charge >= 0.3 is 0 Å². The summed E-state index contributed by atoms with van der Waals surface area (Å²) in [5.74, 6) is -0.205. The molecule has 0 aliphatic carbocycles. The van der Waals surface area contributed by atoms with E-state index in [1.165, 1.54) is 6.08 Å². The minimum atomic E-state index is -0.205. The van der Waals surface area contributed by atoms with Gasteiger partial charge in [0.05, 0.1) is 11.4 Å². The number of amides is 1. The molecule has 0 spiro atoms. The number of nitrogens with zero attached hydrogens (tertiary/aromatic N) is 1. The molecule has 72 valence electrons. The van der Waals surface area contributed by atoms with Crippen molar-refractivity contribution >= 4 is 17.3 Å². The molecule has 0 unspecified atom stereocenters. The Hall–Kier alpha value is -1.97. The Morgan fingerprint density at radius 2 is 2.36 bits per heavy atom. The number of anilines is 2. The zero-order valence-corrected chi connectivity index (χ0v) is 7.66. The molecule has 4 heteroatoms. The number of carbonyl (C=O) groups is 1. The van der Waals surface area contributed by atoms with Gasteiger partial charge < -0.3 is 5.32 Å². The SMILES string of the molecule is C=CC(=O)NN1CNc2ccccc21. The first-order valence-electron chi connectivity index (χ1n) is 4.35. The minimum absolute atomic E-state index is 0.205. The molecule has 1 heterocycles. The van der Waals surface area contributed by atoms with Gasteiger partial charge in [0.1, 0.15) is 6.67 Å². The largest absolute Gasteiger partial charge is 0.365 e. The van der Waals surface area contributed by atoms with E-state index in [0.717, 1.165) is 11.4 Å². The molecule has 1 aliphatic rings. The van der Waals surface area contributed by atoms with Gasteiger partial charge in [-0.1, -0.05) is 18.7 Å². The maximum atomic E-state index is 11.1. The number of benzene rings is 1. The molecule has 0 bridgehead atoms. The second kappa shape index (κ2) is 3.41. The summed E-state index contributed by atoms with van der Waals surface area (Å²) in [5.41, 5.74) is 4.70. The zero-order chi connectivity index (χ0) is 9.97. The number of rotatable bonds is 2. The summed E-state index contributed by atoms with van der Waals surface area (Å²) in [4.78, 5) is 11.1. The highest BCUT2D eigenvalue weighted by molar-refractivity contribution is 5.89. The first-order chi connectivity index (χ1) is 6.81. The third-order valence-corrected chi connectivity index (χ3v) is 2.05. The topological polar surface area (TPSA) is 44.4 Å². The Morgan fingerprint density at radius 1 is 1.57 bits per heavy atom. The van der Waals surface area contributed by atoms with E-state index in [-0.39, 0.29) is 5.91 Å². The van der Waals surface area contributed by atoms with E-state index in [4.69, 9.17) is 0 Å². The van der Waals surface area contributed by atoms with Gasteiger partial charge in [-0.2, -0.15) is 0 Å². The van der Waals surface area contributed by atoms with Crippen LogP contribution in [-0.2, 0) is 4.79 Å². The third kappa shape index (κ3) is 1.42. The van der Waals surface area contributed by atoms with E-state index < -0.39 is 0 Å². The lowest BCUT2D eigenvalue weighted by Crippen LogP contribution is -2.41. The van der Waals surface area contributed by atoms with Crippen molar-refractivity contribution in [3.8, 4) is 0 Å². The van der Waals surface area contributed by atoms with Crippen LogP contribution in [0.15, 0.2) is 36.9 Å². The number of hydrogen-bond acceptors (Lipinski definition) is 3. The molecular formula is C10H11N3O. The summed E-state index contributed by atoms with van der Waals surface area (Å²) >= 11 is 0. The molecule has 0 saturated carbocycles. The molecule has 0 fully saturated rings. The molecule has 0 radical (unpaired) electrons. The molecule has 2 rings (SSSR count). The Kier molecular flexibility index (Phi) is 2.10. The summed E-state index contributed by atoms with van der Waals surface area (Å²) in [7, 11) is 0. The van der Waals surface area contributed by atoms with Gasteiger partial charge in [0.15, 0.2) is 0 Å². The average Bonchev–Trinajstić information content (AvgIpc) is 2.62. The van der Waals surface area contributed by atoms with Gasteiger partial charge in [-0.05, 0) is 18.2 Å². The highest BCUT2D eigenvalue weighted by Crippen LogP contribution is 2.28. The standard InChI is InChI=1S/C10H11N3O/c1-2-10(14)12-13-7-11-8-5-3-4-6-9(8)13/h2-6,11H,1,7H2,(H,12,14). The number of nitrogens with one attached hydrogen (secondary N) is 2. The van der Waals surface area contributed by atoms with Crippen LogP contribution < -0.4 is 15.8 Å². The smallest absolute Gasteiger partial charge is 0.261 e. The van der Waals surface area contributed by atoms with Crippen LogP contribution in [0.4, 0.5) is 11.4 Å². The van der Waals surface area contributed by atoms with Crippen LogP contribution in [0.1, 0.15) is 0 Å². The maximum absolute atomic E-state index is 11.1. The fraction of sp³-hybridized carbons (Fsp3) is 0.100. The molecule has 1 aromatic carbocycles. The summed E-state index contributed by atoms with van der Waals surface area (Å²) in [6.45, 7) is 3.98. The normalized spacial score (nSPS) is 13.0. The lowest BCUT2D eigenvalue weighted by Gasteiger charge is -2.17. The van der Waals surface area contributed by atoms with Crippen LogP contribution in [-0.4, -0.2) is 12.6 Å². The number of fused-ring (bicyclic) bond motifs is 1. The minimum Gasteiger partial charge on any atom is -0.365 e. The monoisotopic (exact) mass is 189 g/mol. The van der Waals surface area contributed by atoms with E-state index in [9.17, 15) is 4.79 Å². The van der Waals surface area contributed by atoms with E-state index in [0.29, 0.717) is 6.67 Å². The van der Waals surface area contributed by atoms with E-state index in [2.05, 4.69) is 17.3 Å². The first-order valence-corrected chi connectivity index (χ1v) is 4.35. The number of carbonyl (C=O) groups excluding carboxylic acids is 1. The predicted molar refractivity (Wildman–Crippen MR) is 55.8 cm³/mol. The van der Waals surface area contributed by atoms with Crippen LogP contribution in [0, 0.1) is 0 Å². The van der Waals surface area contributed by atoms with Gasteiger partial charge in [0.25, 0.3) is 5.91 Å². The van der Waals surface area contributed by atoms with E-state index >= 15 is 0 Å². The van der Waals surface area contributed by atoms with Crippen molar-refractivity contribution in [2.75, 3.05) is 17.0 Å². The quantitative estimate of drug-likeness (QED) is 0.684. The van der Waals surface area contributed by atoms with Crippen molar-refractivity contribution in [2.45, 2.75) is 0 Å². The predicted octanol–water partition coefficient (Wildman–Crippen LogP) is 1.09. The molecular weight excluding hydrogens is 178 g/mol. The highest BCUT2D eigenvalue weighted by atomic mass is 16.2. The Bertz CT molecular complexity index is 375. The third-order valence-electron chi connectivity index (χ3n) is 2.05. The number of hydrazine groups is 1. The molecule has 2 N–H and O–H groups in total. The second-order valence-electron chi connectivity index (χ2n) is 2.96. The summed E-state index contributed by atoms with van der Waals surface area (Å²) in [6.07, 6.45) is 1.25. The van der Waals surface area contributed by atoms with Gasteiger partial charge in [-0.3, -0.25) is 15.2 Å². The molecule has 14 heavy (non-hydrogen) atoms. The van der Waals surface area contributed by atoms with Crippen LogP contribution in [0.2, 0.25) is 0 Å². The fourth-order valence-electron chi connectivity index (χ4n) is 1.39. The summed E-state index contributed by atoms with van der Waals surface area (Å²) in [5, 5.41) is 4.91. The zero-order valence-electron chi connectivity index (χ0n) is 7.66. The fourth-order valence-corrected chi connectivity index (χ4v) is 1.39. The molecule has 4 nitrogen and oxygen atoms in total. The van der Waals surface area contributed by atoms with Gasteiger partial charge in [0, 0.05) is 0 Å². The van der Waals surface area contributed by atoms with Crippen LogP contribution in [0.5, 0.6) is 0 Å². The van der Waals surface area contributed by atoms with Crippen LogP contribution in [0.25, 0.3) is 0 Å². The van der Waals surface area contributed by atoms with Crippen molar-refractivity contribution < 1.29 is 4.79 Å². The van der Waals surface area contributed by atoms with Crippen molar-refractivity contribution in [1.82, 2.24) is 5.43 Å². The van der Waals surface area contributed by atoms with E-state index in [1.807, 2.05) is 24.3 Å². The lowest BCUT2D eigenvalue weighted by molar-refractivity contribution is -0.116. The lowest BCUT2D eigenvalue weighted by atomic mass is 10.3. The first kappa shape index (κ1) is 8.62. The second-order valence-corrected chi connectivity index (χ2v) is 2.96.